The second-order valence-corrected chi connectivity index (χ2v) is 8.42. The molecule has 0 heterocycles. The van der Waals surface area contributed by atoms with Gasteiger partial charge >= 0.3 is 6.09 Å². The molecule has 32 heavy (non-hydrogen) atoms. The molecule has 0 bridgehead atoms. The number of carbonyl (C=O) groups is 1. The van der Waals surface area contributed by atoms with E-state index in [1.165, 1.54) is 4.90 Å². The van der Waals surface area contributed by atoms with Gasteiger partial charge in [-0.05, 0) is 58.5 Å². The summed E-state index contributed by atoms with van der Waals surface area (Å²) in [6.07, 6.45) is 1.61. The molecule has 4 aromatic carbocycles. The van der Waals surface area contributed by atoms with Gasteiger partial charge in [-0.2, -0.15) is 0 Å². The molecule has 3 nitrogen and oxygen atoms in total. The predicted molar refractivity (Wildman–Crippen MR) is 134 cm³/mol. The minimum absolute atomic E-state index is 0.440. The molecule has 0 unspecified atom stereocenters. The van der Waals surface area contributed by atoms with Gasteiger partial charge < -0.3 is 9.64 Å². The SMILES string of the molecule is CN(C)C(=O)Oc1c(/C(=C/c2ccc(Cl)cc2)c2ccc(Cl)cc2)ccc2ccccc12. The van der Waals surface area contributed by atoms with Crippen LogP contribution in [0.1, 0.15) is 16.7 Å². The average Bonchev–Trinajstić information content (AvgIpc) is 2.80. The lowest BCUT2D eigenvalue weighted by atomic mass is 9.92. The minimum Gasteiger partial charge on any atom is -0.409 e. The number of hydrogen-bond donors (Lipinski definition) is 0. The lowest BCUT2D eigenvalue weighted by molar-refractivity contribution is 0.172. The quantitative estimate of drug-likeness (QED) is 0.290. The van der Waals surface area contributed by atoms with Crippen LogP contribution in [-0.4, -0.2) is 25.1 Å². The van der Waals surface area contributed by atoms with Gasteiger partial charge in [0.2, 0.25) is 0 Å². The summed E-state index contributed by atoms with van der Waals surface area (Å²) in [5, 5.41) is 3.16. The van der Waals surface area contributed by atoms with Gasteiger partial charge in [-0.1, -0.05) is 77.8 Å². The number of halogens is 2. The molecule has 0 saturated carbocycles. The number of fused-ring (bicyclic) bond motifs is 1. The maximum absolute atomic E-state index is 12.6. The molecule has 4 aromatic rings. The highest BCUT2D eigenvalue weighted by Crippen LogP contribution is 2.38. The van der Waals surface area contributed by atoms with Crippen molar-refractivity contribution < 1.29 is 9.53 Å². The Kier molecular flexibility index (Phi) is 6.50. The maximum atomic E-state index is 12.6. The Morgan fingerprint density at radius 2 is 1.44 bits per heavy atom. The van der Waals surface area contributed by atoms with E-state index in [9.17, 15) is 4.79 Å². The van der Waals surface area contributed by atoms with Crippen molar-refractivity contribution in [2.24, 2.45) is 0 Å². The highest BCUT2D eigenvalue weighted by molar-refractivity contribution is 6.31. The molecule has 0 saturated heterocycles. The fraction of sp³-hybridized carbons (Fsp3) is 0.0741. The third-order valence-corrected chi connectivity index (χ3v) is 5.56. The molecular formula is C27H21Cl2NO2. The van der Waals surface area contributed by atoms with E-state index in [0.29, 0.717) is 15.8 Å². The molecule has 0 N–H and O–H groups in total. The van der Waals surface area contributed by atoms with Crippen LogP contribution in [0.2, 0.25) is 10.0 Å². The van der Waals surface area contributed by atoms with Crippen LogP contribution in [0, 0.1) is 0 Å². The molecule has 0 aliphatic rings. The Bertz CT molecular complexity index is 1290. The molecule has 0 aromatic heterocycles. The summed E-state index contributed by atoms with van der Waals surface area (Å²) in [4.78, 5) is 14.0. The zero-order chi connectivity index (χ0) is 22.7. The van der Waals surface area contributed by atoms with E-state index in [4.69, 9.17) is 27.9 Å². The fourth-order valence-electron chi connectivity index (χ4n) is 3.42. The van der Waals surface area contributed by atoms with Crippen molar-refractivity contribution in [1.29, 1.82) is 0 Å². The zero-order valence-electron chi connectivity index (χ0n) is 17.7. The van der Waals surface area contributed by atoms with Crippen molar-refractivity contribution in [1.82, 2.24) is 4.90 Å². The molecule has 0 fully saturated rings. The predicted octanol–water partition coefficient (Wildman–Crippen LogP) is 7.80. The van der Waals surface area contributed by atoms with Crippen molar-refractivity contribution >= 4 is 51.7 Å². The summed E-state index contributed by atoms with van der Waals surface area (Å²) in [5.74, 6) is 0.511. The van der Waals surface area contributed by atoms with E-state index < -0.39 is 6.09 Å². The van der Waals surface area contributed by atoms with Gasteiger partial charge in [0, 0.05) is 35.1 Å². The number of carbonyl (C=O) groups excluding carboxylic acids is 1. The summed E-state index contributed by atoms with van der Waals surface area (Å²) in [6, 6.07) is 27.1. The first-order valence-electron chi connectivity index (χ1n) is 10.1. The van der Waals surface area contributed by atoms with Crippen LogP contribution < -0.4 is 4.74 Å². The van der Waals surface area contributed by atoms with Gasteiger partial charge in [0.15, 0.2) is 0 Å². The van der Waals surface area contributed by atoms with Gasteiger partial charge in [0.1, 0.15) is 5.75 Å². The number of nitrogens with zero attached hydrogens (tertiary/aromatic N) is 1. The zero-order valence-corrected chi connectivity index (χ0v) is 19.2. The largest absolute Gasteiger partial charge is 0.414 e. The number of amides is 1. The first-order valence-corrected chi connectivity index (χ1v) is 10.8. The van der Waals surface area contributed by atoms with E-state index in [-0.39, 0.29) is 0 Å². The molecule has 4 rings (SSSR count). The van der Waals surface area contributed by atoms with Crippen LogP contribution in [0.25, 0.3) is 22.4 Å². The van der Waals surface area contributed by atoms with Gasteiger partial charge in [-0.3, -0.25) is 0 Å². The Morgan fingerprint density at radius 3 is 2.09 bits per heavy atom. The molecule has 0 spiro atoms. The third kappa shape index (κ3) is 4.80. The number of ether oxygens (including phenoxy) is 1. The van der Waals surface area contributed by atoms with Crippen molar-refractivity contribution in [3.63, 3.8) is 0 Å². The molecule has 0 aliphatic heterocycles. The van der Waals surface area contributed by atoms with Crippen molar-refractivity contribution in [3.8, 4) is 5.75 Å². The highest BCUT2D eigenvalue weighted by Gasteiger charge is 2.18. The molecule has 160 valence electrons. The second-order valence-electron chi connectivity index (χ2n) is 7.54. The van der Waals surface area contributed by atoms with Gasteiger partial charge in [0.05, 0.1) is 0 Å². The summed E-state index contributed by atoms with van der Waals surface area (Å²) in [6.45, 7) is 0. The first kappa shape index (κ1) is 21.9. The van der Waals surface area contributed by atoms with Crippen LogP contribution in [0.4, 0.5) is 4.79 Å². The topological polar surface area (TPSA) is 29.5 Å². The van der Waals surface area contributed by atoms with E-state index in [1.54, 1.807) is 14.1 Å². The molecule has 1 amide bonds. The smallest absolute Gasteiger partial charge is 0.409 e. The number of hydrogen-bond acceptors (Lipinski definition) is 2. The van der Waals surface area contributed by atoms with Crippen molar-refractivity contribution in [2.45, 2.75) is 0 Å². The average molecular weight is 462 g/mol. The Hall–Kier alpha value is -3.27. The molecule has 0 atom stereocenters. The van der Waals surface area contributed by atoms with Crippen LogP contribution in [0.5, 0.6) is 5.75 Å². The standard InChI is InChI=1S/C27H21Cl2NO2/c1-30(2)27(31)32-26-23-6-4-3-5-19(23)11-16-24(26)25(20-9-14-22(29)15-10-20)17-18-7-12-21(28)13-8-18/h3-17H,1-2H3/b25-17+. The van der Waals surface area contributed by atoms with Crippen molar-refractivity contribution in [3.05, 3.63) is 112 Å². The Morgan fingerprint density at radius 1 is 0.812 bits per heavy atom. The highest BCUT2D eigenvalue weighted by atomic mass is 35.5. The van der Waals surface area contributed by atoms with Gasteiger partial charge in [0.25, 0.3) is 0 Å². The normalized spacial score (nSPS) is 11.4. The van der Waals surface area contributed by atoms with E-state index in [0.717, 1.165) is 33.0 Å². The molecule has 0 aliphatic carbocycles. The van der Waals surface area contributed by atoms with Gasteiger partial charge in [-0.25, -0.2) is 4.79 Å². The number of benzene rings is 4. The molecular weight excluding hydrogens is 441 g/mol. The summed E-state index contributed by atoms with van der Waals surface area (Å²) in [7, 11) is 3.33. The minimum atomic E-state index is -0.440. The third-order valence-electron chi connectivity index (χ3n) is 5.06. The summed E-state index contributed by atoms with van der Waals surface area (Å²) >= 11 is 12.2. The van der Waals surface area contributed by atoms with Crippen LogP contribution in [0.15, 0.2) is 84.9 Å². The van der Waals surface area contributed by atoms with E-state index in [1.807, 2.05) is 84.9 Å². The Labute approximate surface area is 197 Å². The lowest BCUT2D eigenvalue weighted by Gasteiger charge is -2.18. The molecule has 0 radical (unpaired) electrons. The van der Waals surface area contributed by atoms with Crippen LogP contribution in [-0.2, 0) is 0 Å². The summed E-state index contributed by atoms with van der Waals surface area (Å²) < 4.78 is 5.90. The fourth-order valence-corrected chi connectivity index (χ4v) is 3.67. The monoisotopic (exact) mass is 461 g/mol. The van der Waals surface area contributed by atoms with Gasteiger partial charge in [-0.15, -0.1) is 0 Å². The summed E-state index contributed by atoms with van der Waals surface area (Å²) in [5.41, 5.74) is 3.62. The lowest BCUT2D eigenvalue weighted by Crippen LogP contribution is -2.25. The molecule has 5 heteroatoms. The van der Waals surface area contributed by atoms with Crippen molar-refractivity contribution in [2.75, 3.05) is 14.1 Å². The van der Waals surface area contributed by atoms with Crippen LogP contribution >= 0.6 is 23.2 Å². The maximum Gasteiger partial charge on any atom is 0.414 e. The number of rotatable bonds is 4. The first-order chi connectivity index (χ1) is 15.4. The van der Waals surface area contributed by atoms with Crippen LogP contribution in [0.3, 0.4) is 0 Å². The Balaban J connectivity index is 1.97. The van der Waals surface area contributed by atoms with E-state index >= 15 is 0 Å². The second kappa shape index (κ2) is 9.47. The van der Waals surface area contributed by atoms with E-state index in [2.05, 4.69) is 6.08 Å².